The van der Waals surface area contributed by atoms with Gasteiger partial charge in [0.05, 0.1) is 0 Å². The monoisotopic (exact) mass is 226 g/mol. The molecule has 0 aromatic carbocycles. The Kier molecular flexibility index (Phi) is 3.22. The molecule has 92 valence electrons. The van der Waals surface area contributed by atoms with Gasteiger partial charge in [-0.2, -0.15) is 0 Å². The van der Waals surface area contributed by atoms with Crippen molar-refractivity contribution >= 4 is 5.97 Å². The van der Waals surface area contributed by atoms with Gasteiger partial charge in [0, 0.05) is 12.6 Å². The third-order valence-corrected chi connectivity index (χ3v) is 3.27. The molecule has 0 bridgehead atoms. The average molecular weight is 226 g/mol. The van der Waals surface area contributed by atoms with Gasteiger partial charge in [-0.3, -0.25) is 4.79 Å². The molecular weight excluding hydrogens is 204 g/mol. The minimum Gasteiger partial charge on any atom is -0.459 e. The van der Waals surface area contributed by atoms with Crippen molar-refractivity contribution in [3.8, 4) is 0 Å². The Hall–Kier alpha value is -0.610. The fourth-order valence-corrected chi connectivity index (χ4v) is 2.51. The number of carbonyl (C=O) groups is 1. The van der Waals surface area contributed by atoms with E-state index in [2.05, 4.69) is 10.6 Å². The maximum atomic E-state index is 11.9. The summed E-state index contributed by atoms with van der Waals surface area (Å²) in [5, 5.41) is 6.76. The molecule has 16 heavy (non-hydrogen) atoms. The van der Waals surface area contributed by atoms with Gasteiger partial charge in [-0.1, -0.05) is 0 Å². The van der Waals surface area contributed by atoms with E-state index in [0.717, 1.165) is 25.9 Å². The Balaban J connectivity index is 1.89. The second-order valence-electron chi connectivity index (χ2n) is 5.85. The van der Waals surface area contributed by atoms with Gasteiger partial charge in [-0.15, -0.1) is 0 Å². The molecule has 4 heteroatoms. The molecule has 3 atom stereocenters. The molecular formula is C12H22N2O2. The molecule has 0 aromatic rings. The SMILES string of the molecule is CC(C)(C)OC(=O)C1CCC2CNCC2N1. The summed E-state index contributed by atoms with van der Waals surface area (Å²) in [5.41, 5.74) is -0.385. The average Bonchev–Trinajstić information content (AvgIpc) is 2.61. The predicted octanol–water partition coefficient (Wildman–Crippen LogP) is 0.668. The maximum Gasteiger partial charge on any atom is 0.323 e. The van der Waals surface area contributed by atoms with Crippen molar-refractivity contribution < 1.29 is 9.53 Å². The van der Waals surface area contributed by atoms with Crippen molar-refractivity contribution in [2.45, 2.75) is 51.3 Å². The summed E-state index contributed by atoms with van der Waals surface area (Å²) in [6.45, 7) is 7.79. The third-order valence-electron chi connectivity index (χ3n) is 3.27. The molecule has 2 heterocycles. The van der Waals surface area contributed by atoms with Gasteiger partial charge in [0.1, 0.15) is 11.6 Å². The van der Waals surface area contributed by atoms with Crippen LogP contribution in [0.1, 0.15) is 33.6 Å². The predicted molar refractivity (Wildman–Crippen MR) is 62.2 cm³/mol. The fraction of sp³-hybridized carbons (Fsp3) is 0.917. The van der Waals surface area contributed by atoms with Crippen molar-refractivity contribution in [2.75, 3.05) is 13.1 Å². The Morgan fingerprint density at radius 3 is 2.69 bits per heavy atom. The van der Waals surface area contributed by atoms with Crippen LogP contribution in [0.3, 0.4) is 0 Å². The lowest BCUT2D eigenvalue weighted by Gasteiger charge is -2.33. The molecule has 2 saturated heterocycles. The van der Waals surface area contributed by atoms with E-state index >= 15 is 0 Å². The van der Waals surface area contributed by atoms with Crippen LogP contribution >= 0.6 is 0 Å². The number of fused-ring (bicyclic) bond motifs is 1. The Morgan fingerprint density at radius 2 is 2.00 bits per heavy atom. The number of piperidine rings is 1. The second-order valence-corrected chi connectivity index (χ2v) is 5.85. The van der Waals surface area contributed by atoms with Gasteiger partial charge in [-0.05, 0) is 46.1 Å². The van der Waals surface area contributed by atoms with Gasteiger partial charge in [-0.25, -0.2) is 0 Å². The molecule has 3 unspecified atom stereocenters. The summed E-state index contributed by atoms with van der Waals surface area (Å²) in [5.74, 6) is 0.594. The van der Waals surface area contributed by atoms with E-state index in [4.69, 9.17) is 4.74 Å². The van der Waals surface area contributed by atoms with Gasteiger partial charge in [0.2, 0.25) is 0 Å². The highest BCUT2D eigenvalue weighted by molar-refractivity contribution is 5.76. The number of carbonyl (C=O) groups excluding carboxylic acids is 1. The molecule has 0 aliphatic carbocycles. The maximum absolute atomic E-state index is 11.9. The molecule has 2 aliphatic heterocycles. The van der Waals surface area contributed by atoms with Gasteiger partial charge >= 0.3 is 5.97 Å². The van der Waals surface area contributed by atoms with Crippen LogP contribution < -0.4 is 10.6 Å². The number of hydrogen-bond acceptors (Lipinski definition) is 4. The topological polar surface area (TPSA) is 50.4 Å². The van der Waals surface area contributed by atoms with Crippen molar-refractivity contribution in [2.24, 2.45) is 5.92 Å². The molecule has 2 aliphatic rings. The minimum absolute atomic E-state index is 0.0992. The van der Waals surface area contributed by atoms with E-state index in [1.807, 2.05) is 20.8 Å². The van der Waals surface area contributed by atoms with Crippen molar-refractivity contribution in [1.29, 1.82) is 0 Å². The fourth-order valence-electron chi connectivity index (χ4n) is 2.51. The van der Waals surface area contributed by atoms with Crippen LogP contribution in [0.15, 0.2) is 0 Å². The number of hydrogen-bond donors (Lipinski definition) is 2. The lowest BCUT2D eigenvalue weighted by molar-refractivity contribution is -0.158. The normalized spacial score (nSPS) is 34.6. The number of nitrogens with one attached hydrogen (secondary N) is 2. The number of rotatable bonds is 1. The highest BCUT2D eigenvalue weighted by Gasteiger charge is 2.37. The van der Waals surface area contributed by atoms with Crippen molar-refractivity contribution in [3.63, 3.8) is 0 Å². The van der Waals surface area contributed by atoms with Crippen LogP contribution in [0, 0.1) is 5.92 Å². The van der Waals surface area contributed by atoms with E-state index in [9.17, 15) is 4.79 Å². The van der Waals surface area contributed by atoms with E-state index in [1.54, 1.807) is 0 Å². The standard InChI is InChI=1S/C12H22N2O2/c1-12(2,3)16-11(15)9-5-4-8-6-13-7-10(8)14-9/h8-10,13-14H,4-7H2,1-3H3. The van der Waals surface area contributed by atoms with Gasteiger partial charge in [0.15, 0.2) is 0 Å². The largest absolute Gasteiger partial charge is 0.459 e. The molecule has 2 rings (SSSR count). The van der Waals surface area contributed by atoms with Crippen LogP contribution in [0.2, 0.25) is 0 Å². The molecule has 0 spiro atoms. The zero-order chi connectivity index (χ0) is 11.8. The highest BCUT2D eigenvalue weighted by atomic mass is 16.6. The van der Waals surface area contributed by atoms with Crippen LogP contribution in [0.5, 0.6) is 0 Å². The van der Waals surface area contributed by atoms with Crippen molar-refractivity contribution in [3.05, 3.63) is 0 Å². The summed E-state index contributed by atoms with van der Waals surface area (Å²) in [4.78, 5) is 11.9. The molecule has 0 radical (unpaired) electrons. The first-order valence-electron chi connectivity index (χ1n) is 6.15. The van der Waals surface area contributed by atoms with E-state index in [-0.39, 0.29) is 17.6 Å². The van der Waals surface area contributed by atoms with E-state index in [0.29, 0.717) is 12.0 Å². The number of esters is 1. The lowest BCUT2D eigenvalue weighted by atomic mass is 9.90. The highest BCUT2D eigenvalue weighted by Crippen LogP contribution is 2.24. The Bertz CT molecular complexity index is 273. The molecule has 0 aromatic heterocycles. The van der Waals surface area contributed by atoms with Crippen LogP contribution in [0.25, 0.3) is 0 Å². The Morgan fingerprint density at radius 1 is 1.25 bits per heavy atom. The molecule has 2 N–H and O–H groups in total. The second kappa shape index (κ2) is 4.34. The number of ether oxygens (including phenoxy) is 1. The summed E-state index contributed by atoms with van der Waals surface area (Å²) in [6, 6.07) is 0.339. The van der Waals surface area contributed by atoms with Crippen LogP contribution in [-0.4, -0.2) is 36.7 Å². The third kappa shape index (κ3) is 2.74. The van der Waals surface area contributed by atoms with E-state index in [1.165, 1.54) is 0 Å². The summed E-state index contributed by atoms with van der Waals surface area (Å²) in [6.07, 6.45) is 2.02. The minimum atomic E-state index is -0.385. The molecule has 0 amide bonds. The first-order chi connectivity index (χ1) is 7.46. The molecule has 4 nitrogen and oxygen atoms in total. The van der Waals surface area contributed by atoms with Crippen LogP contribution in [0.4, 0.5) is 0 Å². The van der Waals surface area contributed by atoms with Crippen LogP contribution in [-0.2, 0) is 9.53 Å². The first kappa shape index (κ1) is 11.9. The summed E-state index contributed by atoms with van der Waals surface area (Å²) in [7, 11) is 0. The molecule has 2 fully saturated rings. The lowest BCUT2D eigenvalue weighted by Crippen LogP contribution is -2.52. The van der Waals surface area contributed by atoms with Gasteiger partial charge in [0.25, 0.3) is 0 Å². The molecule has 0 saturated carbocycles. The summed E-state index contributed by atoms with van der Waals surface area (Å²) < 4.78 is 5.40. The zero-order valence-corrected chi connectivity index (χ0v) is 10.4. The van der Waals surface area contributed by atoms with E-state index < -0.39 is 0 Å². The smallest absolute Gasteiger partial charge is 0.323 e. The first-order valence-corrected chi connectivity index (χ1v) is 6.15. The van der Waals surface area contributed by atoms with Gasteiger partial charge < -0.3 is 15.4 Å². The quantitative estimate of drug-likeness (QED) is 0.645. The Labute approximate surface area is 97.1 Å². The summed E-state index contributed by atoms with van der Waals surface area (Å²) >= 11 is 0. The van der Waals surface area contributed by atoms with Crippen molar-refractivity contribution in [1.82, 2.24) is 10.6 Å². The zero-order valence-electron chi connectivity index (χ0n) is 10.4.